The van der Waals surface area contributed by atoms with Crippen molar-refractivity contribution in [2.45, 2.75) is 52.1 Å². The van der Waals surface area contributed by atoms with E-state index in [2.05, 4.69) is 40.2 Å². The Morgan fingerprint density at radius 2 is 1.78 bits per heavy atom. The van der Waals surface area contributed by atoms with Gasteiger partial charge in [-0.2, -0.15) is 5.10 Å². The number of hydrogen-bond donors (Lipinski definition) is 1. The number of nitrogens with one attached hydrogen (secondary N) is 1. The zero-order chi connectivity index (χ0) is 20.4. The Balaban J connectivity index is 2.35. The number of benzene rings is 1. The number of aromatic nitrogens is 2. The number of nitrogens with zero attached hydrogens (tertiary/aromatic N) is 2. The predicted molar refractivity (Wildman–Crippen MR) is 108 cm³/mol. The van der Waals surface area contributed by atoms with E-state index in [1.807, 2.05) is 37.6 Å². The van der Waals surface area contributed by atoms with Crippen LogP contribution in [0.15, 0.2) is 34.8 Å². The monoisotopic (exact) mass is 435 g/mol. The molecule has 1 aromatic carbocycles. The highest BCUT2D eigenvalue weighted by atomic mass is 79.9. The van der Waals surface area contributed by atoms with Crippen LogP contribution in [0.3, 0.4) is 0 Å². The number of rotatable bonds is 5. The maximum Gasteiger partial charge on any atom is 0.333 e. The van der Waals surface area contributed by atoms with Crippen LogP contribution in [0.1, 0.15) is 68.3 Å². The fourth-order valence-electron chi connectivity index (χ4n) is 2.71. The van der Waals surface area contributed by atoms with Gasteiger partial charge in [0, 0.05) is 10.2 Å². The van der Waals surface area contributed by atoms with Crippen LogP contribution in [0.4, 0.5) is 0 Å². The third-order valence-corrected chi connectivity index (χ3v) is 4.64. The summed E-state index contributed by atoms with van der Waals surface area (Å²) in [6, 6.07) is 8.02. The first kappa shape index (κ1) is 21.2. The van der Waals surface area contributed by atoms with E-state index in [9.17, 15) is 9.59 Å². The molecule has 0 saturated carbocycles. The molecular weight excluding hydrogens is 410 g/mol. The van der Waals surface area contributed by atoms with Crippen molar-refractivity contribution in [3.8, 4) is 0 Å². The maximum atomic E-state index is 12.8. The lowest BCUT2D eigenvalue weighted by atomic mass is 10.1. The van der Waals surface area contributed by atoms with Crippen LogP contribution >= 0.6 is 15.9 Å². The molecule has 146 valence electrons. The molecule has 0 saturated heterocycles. The molecule has 0 fully saturated rings. The van der Waals surface area contributed by atoms with Crippen LogP contribution in [-0.4, -0.2) is 28.8 Å². The predicted octanol–water partition coefficient (Wildman–Crippen LogP) is 4.17. The van der Waals surface area contributed by atoms with Crippen molar-refractivity contribution >= 4 is 27.8 Å². The van der Waals surface area contributed by atoms with Crippen molar-refractivity contribution in [2.75, 3.05) is 7.11 Å². The van der Waals surface area contributed by atoms with Gasteiger partial charge in [0.2, 0.25) is 0 Å². The lowest BCUT2D eigenvalue weighted by Gasteiger charge is -2.23. The molecule has 7 heteroatoms. The first-order chi connectivity index (χ1) is 12.5. The van der Waals surface area contributed by atoms with Crippen molar-refractivity contribution in [3.63, 3.8) is 0 Å². The summed E-state index contributed by atoms with van der Waals surface area (Å²) in [6.45, 7) is 10.2. The van der Waals surface area contributed by atoms with Gasteiger partial charge in [-0.15, -0.1) is 0 Å². The van der Waals surface area contributed by atoms with E-state index in [1.54, 1.807) is 18.2 Å². The Kier molecular flexibility index (Phi) is 6.46. The molecular formula is C20H26BrN3O3. The average molecular weight is 436 g/mol. The number of ether oxygens (including phenoxy) is 1. The summed E-state index contributed by atoms with van der Waals surface area (Å²) in [5.41, 5.74) is 1.62. The van der Waals surface area contributed by atoms with E-state index < -0.39 is 17.9 Å². The molecule has 0 radical (unpaired) electrons. The third-order valence-electron chi connectivity index (χ3n) is 4.11. The Labute approximate surface area is 168 Å². The van der Waals surface area contributed by atoms with Crippen LogP contribution in [-0.2, 0) is 15.1 Å². The van der Waals surface area contributed by atoms with E-state index in [4.69, 9.17) is 4.74 Å². The number of carbonyl (C=O) groups is 2. The molecule has 0 bridgehead atoms. The van der Waals surface area contributed by atoms with Crippen molar-refractivity contribution in [1.82, 2.24) is 15.1 Å². The quantitative estimate of drug-likeness (QED) is 0.715. The van der Waals surface area contributed by atoms with Gasteiger partial charge in [0.25, 0.3) is 5.91 Å². The summed E-state index contributed by atoms with van der Waals surface area (Å²) >= 11 is 3.36. The Morgan fingerprint density at radius 3 is 2.22 bits per heavy atom. The summed E-state index contributed by atoms with van der Waals surface area (Å²) in [7, 11) is 1.30. The molecule has 1 heterocycles. The smallest absolute Gasteiger partial charge is 0.333 e. The zero-order valence-corrected chi connectivity index (χ0v) is 18.1. The third kappa shape index (κ3) is 4.97. The second-order valence-corrected chi connectivity index (χ2v) is 8.59. The Hall–Kier alpha value is -2.15. The van der Waals surface area contributed by atoms with E-state index >= 15 is 0 Å². The second kappa shape index (κ2) is 8.25. The molecule has 1 unspecified atom stereocenters. The lowest BCUT2D eigenvalue weighted by Crippen LogP contribution is -2.35. The minimum atomic E-state index is -0.905. The average Bonchev–Trinajstić information content (AvgIpc) is 3.06. The van der Waals surface area contributed by atoms with Crippen molar-refractivity contribution < 1.29 is 14.3 Å². The molecule has 1 N–H and O–H groups in total. The largest absolute Gasteiger partial charge is 0.467 e. The summed E-state index contributed by atoms with van der Waals surface area (Å²) in [5, 5.41) is 7.24. The van der Waals surface area contributed by atoms with Gasteiger partial charge < -0.3 is 10.1 Å². The number of esters is 1. The van der Waals surface area contributed by atoms with Gasteiger partial charge >= 0.3 is 5.97 Å². The second-order valence-electron chi connectivity index (χ2n) is 7.67. The topological polar surface area (TPSA) is 73.2 Å². The zero-order valence-electron chi connectivity index (χ0n) is 16.5. The molecule has 2 aromatic rings. The van der Waals surface area contributed by atoms with Gasteiger partial charge in [0.1, 0.15) is 0 Å². The number of amides is 1. The van der Waals surface area contributed by atoms with Crippen LogP contribution in [0, 0.1) is 0 Å². The standard InChI is InChI=1S/C20H26BrN3O3/c1-12(2)16-11-15(23-24(16)20(3,4)5)18(25)22-17(19(26)27-6)13-7-9-14(21)10-8-13/h7-12,17H,1-6H3,(H,22,25). The van der Waals surface area contributed by atoms with Crippen LogP contribution in [0.25, 0.3) is 0 Å². The van der Waals surface area contributed by atoms with E-state index in [0.29, 0.717) is 5.56 Å². The van der Waals surface area contributed by atoms with Gasteiger partial charge in [-0.3, -0.25) is 9.48 Å². The van der Waals surface area contributed by atoms with Crippen molar-refractivity contribution in [1.29, 1.82) is 0 Å². The van der Waals surface area contributed by atoms with Gasteiger partial charge in [-0.25, -0.2) is 4.79 Å². The first-order valence-corrected chi connectivity index (χ1v) is 9.58. The van der Waals surface area contributed by atoms with Crippen LogP contribution in [0.2, 0.25) is 0 Å². The van der Waals surface area contributed by atoms with Crippen LogP contribution in [0.5, 0.6) is 0 Å². The molecule has 1 amide bonds. The number of methoxy groups -OCH3 is 1. The molecule has 0 aliphatic carbocycles. The molecule has 0 spiro atoms. The first-order valence-electron chi connectivity index (χ1n) is 8.79. The van der Waals surface area contributed by atoms with Crippen LogP contribution < -0.4 is 5.32 Å². The highest BCUT2D eigenvalue weighted by Gasteiger charge is 2.28. The summed E-state index contributed by atoms with van der Waals surface area (Å²) in [6.07, 6.45) is 0. The van der Waals surface area contributed by atoms with E-state index in [0.717, 1.165) is 10.2 Å². The molecule has 27 heavy (non-hydrogen) atoms. The molecule has 2 rings (SSSR count). The summed E-state index contributed by atoms with van der Waals surface area (Å²) in [4.78, 5) is 25.1. The summed E-state index contributed by atoms with van der Waals surface area (Å²) in [5.74, 6) is -0.746. The molecule has 6 nitrogen and oxygen atoms in total. The van der Waals surface area contributed by atoms with Gasteiger partial charge in [0.15, 0.2) is 11.7 Å². The Bertz CT molecular complexity index is 820. The van der Waals surface area contributed by atoms with E-state index in [-0.39, 0.29) is 17.2 Å². The minimum absolute atomic E-state index is 0.209. The highest BCUT2D eigenvalue weighted by molar-refractivity contribution is 9.10. The van der Waals surface area contributed by atoms with Gasteiger partial charge in [-0.05, 0) is 50.5 Å². The SMILES string of the molecule is COC(=O)C(NC(=O)c1cc(C(C)C)n(C(C)(C)C)n1)c1ccc(Br)cc1. The Morgan fingerprint density at radius 1 is 1.19 bits per heavy atom. The maximum absolute atomic E-state index is 12.8. The van der Waals surface area contributed by atoms with Crippen molar-refractivity contribution in [3.05, 3.63) is 51.8 Å². The number of carbonyl (C=O) groups excluding carboxylic acids is 2. The van der Waals surface area contributed by atoms with E-state index in [1.165, 1.54) is 7.11 Å². The fraction of sp³-hybridized carbons (Fsp3) is 0.450. The molecule has 0 aliphatic heterocycles. The number of halogens is 1. The van der Waals surface area contributed by atoms with Gasteiger partial charge in [-0.1, -0.05) is 41.9 Å². The number of hydrogen-bond acceptors (Lipinski definition) is 4. The summed E-state index contributed by atoms with van der Waals surface area (Å²) < 4.78 is 7.61. The minimum Gasteiger partial charge on any atom is -0.467 e. The molecule has 1 atom stereocenters. The lowest BCUT2D eigenvalue weighted by molar-refractivity contribution is -0.143. The normalized spacial score (nSPS) is 12.7. The molecule has 1 aromatic heterocycles. The fourth-order valence-corrected chi connectivity index (χ4v) is 2.98. The highest BCUT2D eigenvalue weighted by Crippen LogP contribution is 2.24. The van der Waals surface area contributed by atoms with Gasteiger partial charge in [0.05, 0.1) is 12.6 Å². The van der Waals surface area contributed by atoms with Crippen molar-refractivity contribution in [2.24, 2.45) is 0 Å². The molecule has 0 aliphatic rings.